The largest absolute Gasteiger partial charge is 0.493 e. The molecule has 0 aliphatic heterocycles. The molecule has 0 spiro atoms. The summed E-state index contributed by atoms with van der Waals surface area (Å²) in [5.41, 5.74) is 1.81. The van der Waals surface area contributed by atoms with Crippen molar-refractivity contribution in [1.82, 2.24) is 0 Å². The van der Waals surface area contributed by atoms with E-state index in [4.69, 9.17) is 19.0 Å². The summed E-state index contributed by atoms with van der Waals surface area (Å²) in [7, 11) is 4.71. The minimum absolute atomic E-state index is 0.389. The number of benzene rings is 2. The quantitative estimate of drug-likeness (QED) is 0.538. The highest BCUT2D eigenvalue weighted by atomic mass is 79.9. The fraction of sp³-hybridized carbons (Fsp3) is 0.235. The first-order valence-corrected chi connectivity index (χ1v) is 7.67. The Morgan fingerprint density at radius 2 is 1.70 bits per heavy atom. The third-order valence-electron chi connectivity index (χ3n) is 3.08. The average molecular weight is 380 g/mol. The highest BCUT2D eigenvalue weighted by molar-refractivity contribution is 9.10. The van der Waals surface area contributed by atoms with Crippen molar-refractivity contribution in [3.05, 3.63) is 52.0 Å². The number of halogens is 1. The van der Waals surface area contributed by atoms with E-state index in [-0.39, 0.29) is 0 Å². The van der Waals surface area contributed by atoms with Crippen molar-refractivity contribution >= 4 is 22.1 Å². The van der Waals surface area contributed by atoms with E-state index in [1.165, 1.54) is 0 Å². The second-order valence-corrected chi connectivity index (χ2v) is 5.51. The number of hydrogen-bond donors (Lipinski definition) is 0. The Labute approximate surface area is 143 Å². The van der Waals surface area contributed by atoms with Crippen LogP contribution in [-0.2, 0) is 11.4 Å². The van der Waals surface area contributed by atoms with E-state index in [9.17, 15) is 0 Å². The summed E-state index contributed by atoms with van der Waals surface area (Å²) < 4.78 is 16.9. The van der Waals surface area contributed by atoms with Gasteiger partial charge < -0.3 is 19.0 Å². The molecule has 23 heavy (non-hydrogen) atoms. The third-order valence-corrected chi connectivity index (χ3v) is 3.58. The zero-order chi connectivity index (χ0) is 16.7. The molecule has 0 heterocycles. The molecule has 0 aliphatic rings. The first kappa shape index (κ1) is 17.1. The van der Waals surface area contributed by atoms with E-state index in [0.717, 1.165) is 15.6 Å². The van der Waals surface area contributed by atoms with Gasteiger partial charge >= 0.3 is 0 Å². The van der Waals surface area contributed by atoms with Gasteiger partial charge in [0.2, 0.25) is 5.75 Å². The number of ether oxygens (including phenoxy) is 3. The van der Waals surface area contributed by atoms with Gasteiger partial charge in [0.25, 0.3) is 0 Å². The van der Waals surface area contributed by atoms with E-state index in [2.05, 4.69) is 21.1 Å². The van der Waals surface area contributed by atoms with Crippen LogP contribution in [0.15, 0.2) is 46.0 Å². The number of hydrogen-bond acceptors (Lipinski definition) is 5. The Hall–Kier alpha value is -2.21. The Balaban J connectivity index is 2.07. The van der Waals surface area contributed by atoms with Crippen molar-refractivity contribution in [3.8, 4) is 17.2 Å². The molecule has 5 nitrogen and oxygen atoms in total. The second kappa shape index (κ2) is 8.43. The molecular formula is C17H18BrNO4. The van der Waals surface area contributed by atoms with Gasteiger partial charge in [-0.2, -0.15) is 0 Å². The summed E-state index contributed by atoms with van der Waals surface area (Å²) in [6, 6.07) is 11.5. The van der Waals surface area contributed by atoms with Gasteiger partial charge in [-0.05, 0) is 29.8 Å². The van der Waals surface area contributed by atoms with Gasteiger partial charge in [0.05, 0.1) is 27.5 Å². The summed E-state index contributed by atoms with van der Waals surface area (Å²) in [5, 5.41) is 3.98. The van der Waals surface area contributed by atoms with Gasteiger partial charge in [0.1, 0.15) is 6.61 Å². The predicted molar refractivity (Wildman–Crippen MR) is 92.6 cm³/mol. The maximum Gasteiger partial charge on any atom is 0.203 e. The standard InChI is InChI=1S/C17H18BrNO4/c1-20-15-8-13(9-16(21-2)17(15)22-3)10-19-23-11-12-5-4-6-14(18)7-12/h4-10H,11H2,1-3H3/b19-10-. The lowest BCUT2D eigenvalue weighted by atomic mass is 10.2. The van der Waals surface area contributed by atoms with Crippen molar-refractivity contribution in [2.75, 3.05) is 21.3 Å². The fourth-order valence-electron chi connectivity index (χ4n) is 2.01. The number of oxime groups is 1. The van der Waals surface area contributed by atoms with Gasteiger partial charge in [-0.3, -0.25) is 0 Å². The van der Waals surface area contributed by atoms with Gasteiger partial charge in [0, 0.05) is 10.0 Å². The first-order valence-electron chi connectivity index (χ1n) is 6.87. The van der Waals surface area contributed by atoms with Gasteiger partial charge in [0.15, 0.2) is 11.5 Å². The average Bonchev–Trinajstić information content (AvgIpc) is 2.57. The molecule has 0 unspecified atom stereocenters. The smallest absolute Gasteiger partial charge is 0.203 e. The van der Waals surface area contributed by atoms with Crippen LogP contribution in [0.4, 0.5) is 0 Å². The molecular weight excluding hydrogens is 362 g/mol. The minimum Gasteiger partial charge on any atom is -0.493 e. The summed E-state index contributed by atoms with van der Waals surface area (Å²) >= 11 is 3.42. The Bertz CT molecular complexity index is 663. The van der Waals surface area contributed by atoms with Crippen LogP contribution in [0.3, 0.4) is 0 Å². The number of nitrogens with zero attached hydrogens (tertiary/aromatic N) is 1. The fourth-order valence-corrected chi connectivity index (χ4v) is 2.46. The van der Waals surface area contributed by atoms with Crippen LogP contribution >= 0.6 is 15.9 Å². The molecule has 6 heteroatoms. The van der Waals surface area contributed by atoms with Crippen molar-refractivity contribution in [2.24, 2.45) is 5.16 Å². The number of methoxy groups -OCH3 is 3. The molecule has 0 saturated heterocycles. The number of rotatable bonds is 7. The minimum atomic E-state index is 0.389. The highest BCUT2D eigenvalue weighted by Gasteiger charge is 2.12. The molecule has 2 aromatic rings. The molecule has 0 bridgehead atoms. The van der Waals surface area contributed by atoms with E-state index in [1.54, 1.807) is 39.7 Å². The van der Waals surface area contributed by atoms with Crippen molar-refractivity contribution in [1.29, 1.82) is 0 Å². The molecule has 0 radical (unpaired) electrons. The first-order chi connectivity index (χ1) is 11.2. The van der Waals surface area contributed by atoms with Crippen LogP contribution in [0.1, 0.15) is 11.1 Å². The Morgan fingerprint density at radius 3 is 2.26 bits per heavy atom. The molecule has 2 rings (SSSR count). The molecule has 0 amide bonds. The summed E-state index contributed by atoms with van der Waals surface area (Å²) in [6.45, 7) is 0.389. The topological polar surface area (TPSA) is 49.3 Å². The van der Waals surface area contributed by atoms with Crippen LogP contribution in [0.5, 0.6) is 17.2 Å². The van der Waals surface area contributed by atoms with Crippen LogP contribution in [0.25, 0.3) is 0 Å². The van der Waals surface area contributed by atoms with Gasteiger partial charge in [-0.1, -0.05) is 33.2 Å². The van der Waals surface area contributed by atoms with Crippen LogP contribution < -0.4 is 14.2 Å². The van der Waals surface area contributed by atoms with E-state index in [0.29, 0.717) is 23.9 Å². The normalized spacial score (nSPS) is 10.6. The van der Waals surface area contributed by atoms with Gasteiger partial charge in [-0.25, -0.2) is 0 Å². The maximum absolute atomic E-state index is 5.32. The lowest BCUT2D eigenvalue weighted by Crippen LogP contribution is -1.97. The molecule has 0 aromatic heterocycles. The van der Waals surface area contributed by atoms with E-state index < -0.39 is 0 Å². The predicted octanol–water partition coefficient (Wildman–Crippen LogP) is 4.03. The zero-order valence-electron chi connectivity index (χ0n) is 13.2. The van der Waals surface area contributed by atoms with E-state index >= 15 is 0 Å². The molecule has 0 fully saturated rings. The SMILES string of the molecule is COc1cc(/C=N\OCc2cccc(Br)c2)cc(OC)c1OC. The summed E-state index contributed by atoms with van der Waals surface area (Å²) in [5.74, 6) is 1.68. The lowest BCUT2D eigenvalue weighted by Gasteiger charge is -2.12. The molecule has 122 valence electrons. The summed E-state index contributed by atoms with van der Waals surface area (Å²) in [6.07, 6.45) is 1.60. The lowest BCUT2D eigenvalue weighted by molar-refractivity contribution is 0.132. The van der Waals surface area contributed by atoms with Crippen LogP contribution in [0.2, 0.25) is 0 Å². The monoisotopic (exact) mass is 379 g/mol. The molecule has 0 atom stereocenters. The molecule has 0 N–H and O–H groups in total. The Morgan fingerprint density at radius 1 is 1.00 bits per heavy atom. The third kappa shape index (κ3) is 4.63. The van der Waals surface area contributed by atoms with Crippen LogP contribution in [0, 0.1) is 0 Å². The zero-order valence-corrected chi connectivity index (χ0v) is 14.8. The maximum atomic E-state index is 5.32. The van der Waals surface area contributed by atoms with Crippen LogP contribution in [-0.4, -0.2) is 27.5 Å². The summed E-state index contributed by atoms with van der Waals surface area (Å²) in [4.78, 5) is 5.32. The molecule has 0 aliphatic carbocycles. The molecule has 2 aromatic carbocycles. The second-order valence-electron chi connectivity index (χ2n) is 4.60. The van der Waals surface area contributed by atoms with Crippen molar-refractivity contribution < 1.29 is 19.0 Å². The Kier molecular flexibility index (Phi) is 6.29. The van der Waals surface area contributed by atoms with Crippen molar-refractivity contribution in [3.63, 3.8) is 0 Å². The van der Waals surface area contributed by atoms with Crippen molar-refractivity contribution in [2.45, 2.75) is 6.61 Å². The van der Waals surface area contributed by atoms with Gasteiger partial charge in [-0.15, -0.1) is 0 Å². The highest BCUT2D eigenvalue weighted by Crippen LogP contribution is 2.37. The molecule has 0 saturated carbocycles. The van der Waals surface area contributed by atoms with E-state index in [1.807, 2.05) is 24.3 Å².